The molecule has 5 heteroatoms. The first-order valence-corrected chi connectivity index (χ1v) is 5.92. The van der Waals surface area contributed by atoms with Crippen LogP contribution in [0.1, 0.15) is 35.3 Å². The normalized spacial score (nSPS) is 15.2. The summed E-state index contributed by atoms with van der Waals surface area (Å²) in [6, 6.07) is 3.42. The maximum Gasteiger partial charge on any atom is 0.251 e. The van der Waals surface area contributed by atoms with Crippen LogP contribution in [0.4, 0.5) is 5.82 Å². The van der Waals surface area contributed by atoms with Crippen LogP contribution in [0.25, 0.3) is 0 Å². The SMILES string of the molecule is Cc1cc(C(=O)NCC2CCC2)cc(NN)n1. The van der Waals surface area contributed by atoms with Crippen LogP contribution in [0.2, 0.25) is 0 Å². The molecular formula is C12H18N4O. The summed E-state index contributed by atoms with van der Waals surface area (Å²) in [4.78, 5) is 16.0. The molecule has 1 aliphatic rings. The fraction of sp³-hybridized carbons (Fsp3) is 0.500. The van der Waals surface area contributed by atoms with E-state index in [1.54, 1.807) is 12.1 Å². The predicted octanol–water partition coefficient (Wildman–Crippen LogP) is 1.21. The lowest BCUT2D eigenvalue weighted by Gasteiger charge is -2.25. The van der Waals surface area contributed by atoms with E-state index in [1.165, 1.54) is 19.3 Å². The zero-order chi connectivity index (χ0) is 12.3. The minimum absolute atomic E-state index is 0.0566. The number of nitrogens with one attached hydrogen (secondary N) is 2. The molecule has 1 amide bonds. The van der Waals surface area contributed by atoms with Gasteiger partial charge < -0.3 is 10.7 Å². The average molecular weight is 234 g/mol. The Morgan fingerprint density at radius 1 is 1.53 bits per heavy atom. The van der Waals surface area contributed by atoms with Crippen LogP contribution in [0.15, 0.2) is 12.1 Å². The van der Waals surface area contributed by atoms with Crippen LogP contribution in [0.3, 0.4) is 0 Å². The number of nitrogens with zero attached hydrogens (tertiary/aromatic N) is 1. The highest BCUT2D eigenvalue weighted by Gasteiger charge is 2.18. The third-order valence-corrected chi connectivity index (χ3v) is 3.14. The number of carbonyl (C=O) groups is 1. The highest BCUT2D eigenvalue weighted by Crippen LogP contribution is 2.25. The summed E-state index contributed by atoms with van der Waals surface area (Å²) in [7, 11) is 0. The lowest BCUT2D eigenvalue weighted by molar-refractivity contribution is 0.0939. The van der Waals surface area contributed by atoms with Crippen molar-refractivity contribution in [3.8, 4) is 0 Å². The van der Waals surface area contributed by atoms with E-state index < -0.39 is 0 Å². The molecule has 1 saturated carbocycles. The van der Waals surface area contributed by atoms with Gasteiger partial charge in [0.05, 0.1) is 0 Å². The molecule has 0 atom stereocenters. The number of rotatable bonds is 4. The summed E-state index contributed by atoms with van der Waals surface area (Å²) in [5, 5.41) is 2.94. The lowest BCUT2D eigenvalue weighted by Crippen LogP contribution is -2.32. The number of aromatic nitrogens is 1. The van der Waals surface area contributed by atoms with Crippen LogP contribution in [-0.4, -0.2) is 17.4 Å². The van der Waals surface area contributed by atoms with Crippen LogP contribution in [-0.2, 0) is 0 Å². The maximum absolute atomic E-state index is 11.9. The highest BCUT2D eigenvalue weighted by atomic mass is 16.1. The second-order valence-electron chi connectivity index (χ2n) is 4.53. The lowest BCUT2D eigenvalue weighted by atomic mass is 9.85. The molecule has 0 bridgehead atoms. The van der Waals surface area contributed by atoms with E-state index in [0.29, 0.717) is 17.3 Å². The van der Waals surface area contributed by atoms with Crippen molar-refractivity contribution in [1.29, 1.82) is 0 Å². The van der Waals surface area contributed by atoms with E-state index in [9.17, 15) is 4.79 Å². The van der Waals surface area contributed by atoms with E-state index in [-0.39, 0.29) is 5.91 Å². The van der Waals surface area contributed by atoms with Crippen molar-refractivity contribution in [2.24, 2.45) is 11.8 Å². The number of anilines is 1. The summed E-state index contributed by atoms with van der Waals surface area (Å²) in [6.07, 6.45) is 3.74. The summed E-state index contributed by atoms with van der Waals surface area (Å²) in [5.41, 5.74) is 3.83. The number of carbonyl (C=O) groups excluding carboxylic acids is 1. The fourth-order valence-electron chi connectivity index (χ4n) is 1.91. The number of nitrogens with two attached hydrogens (primary N) is 1. The molecule has 0 spiro atoms. The van der Waals surface area contributed by atoms with Crippen molar-refractivity contribution < 1.29 is 4.79 Å². The number of pyridine rings is 1. The topological polar surface area (TPSA) is 80.0 Å². The quantitative estimate of drug-likeness (QED) is 0.540. The van der Waals surface area contributed by atoms with Gasteiger partial charge in [-0.05, 0) is 37.8 Å². The van der Waals surface area contributed by atoms with Gasteiger partial charge in [0.25, 0.3) is 5.91 Å². The van der Waals surface area contributed by atoms with Gasteiger partial charge in [0.1, 0.15) is 5.82 Å². The van der Waals surface area contributed by atoms with Gasteiger partial charge in [-0.15, -0.1) is 0 Å². The predicted molar refractivity (Wildman–Crippen MR) is 66.5 cm³/mol. The molecule has 4 N–H and O–H groups in total. The van der Waals surface area contributed by atoms with Crippen molar-refractivity contribution in [1.82, 2.24) is 10.3 Å². The Balaban J connectivity index is 1.99. The average Bonchev–Trinajstić information content (AvgIpc) is 2.25. The number of hydrogen-bond donors (Lipinski definition) is 3. The van der Waals surface area contributed by atoms with Gasteiger partial charge in [-0.2, -0.15) is 0 Å². The van der Waals surface area contributed by atoms with E-state index in [2.05, 4.69) is 15.7 Å². The first-order chi connectivity index (χ1) is 8.19. The van der Waals surface area contributed by atoms with Gasteiger partial charge in [-0.3, -0.25) is 4.79 Å². The van der Waals surface area contributed by atoms with Gasteiger partial charge in [0.15, 0.2) is 0 Å². The highest BCUT2D eigenvalue weighted by molar-refractivity contribution is 5.94. The molecule has 17 heavy (non-hydrogen) atoms. The zero-order valence-corrected chi connectivity index (χ0v) is 9.99. The molecule has 1 heterocycles. The largest absolute Gasteiger partial charge is 0.352 e. The maximum atomic E-state index is 11.9. The molecule has 1 aromatic heterocycles. The van der Waals surface area contributed by atoms with Crippen molar-refractivity contribution >= 4 is 11.7 Å². The number of amides is 1. The van der Waals surface area contributed by atoms with Gasteiger partial charge in [0, 0.05) is 17.8 Å². The van der Waals surface area contributed by atoms with E-state index >= 15 is 0 Å². The Morgan fingerprint density at radius 2 is 2.29 bits per heavy atom. The summed E-state index contributed by atoms with van der Waals surface area (Å²) in [6.45, 7) is 2.61. The van der Waals surface area contributed by atoms with Crippen LogP contribution >= 0.6 is 0 Å². The van der Waals surface area contributed by atoms with Crippen LogP contribution in [0, 0.1) is 12.8 Å². The number of hydrazine groups is 1. The molecule has 1 fully saturated rings. The number of aryl methyl sites for hydroxylation is 1. The summed E-state index contributed by atoms with van der Waals surface area (Å²) >= 11 is 0. The molecule has 0 aromatic carbocycles. The molecule has 1 aliphatic carbocycles. The van der Waals surface area contributed by atoms with Crippen LogP contribution < -0.4 is 16.6 Å². The van der Waals surface area contributed by atoms with Gasteiger partial charge >= 0.3 is 0 Å². The molecule has 0 radical (unpaired) electrons. The zero-order valence-electron chi connectivity index (χ0n) is 9.99. The Hall–Kier alpha value is -1.62. The minimum atomic E-state index is -0.0566. The monoisotopic (exact) mass is 234 g/mol. The molecule has 1 aromatic rings. The second kappa shape index (κ2) is 5.14. The molecule has 0 aliphatic heterocycles. The van der Waals surface area contributed by atoms with Gasteiger partial charge in [-0.25, -0.2) is 10.8 Å². The second-order valence-corrected chi connectivity index (χ2v) is 4.53. The molecule has 0 unspecified atom stereocenters. The number of nitrogen functional groups attached to an aromatic ring is 1. The standard InChI is InChI=1S/C12H18N4O/c1-8-5-10(6-11(15-8)16-13)12(17)14-7-9-3-2-4-9/h5-6,9H,2-4,7,13H2,1H3,(H,14,17)(H,15,16). The third kappa shape index (κ3) is 2.94. The molecule has 2 rings (SSSR count). The Bertz CT molecular complexity index is 415. The van der Waals surface area contributed by atoms with Gasteiger partial charge in [0.2, 0.25) is 0 Å². The smallest absolute Gasteiger partial charge is 0.251 e. The van der Waals surface area contributed by atoms with Crippen LogP contribution in [0.5, 0.6) is 0 Å². The number of hydrogen-bond acceptors (Lipinski definition) is 4. The summed E-state index contributed by atoms with van der Waals surface area (Å²) in [5.74, 6) is 6.41. The Kier molecular flexibility index (Phi) is 3.58. The van der Waals surface area contributed by atoms with Crippen molar-refractivity contribution in [2.45, 2.75) is 26.2 Å². The van der Waals surface area contributed by atoms with E-state index in [1.807, 2.05) is 6.92 Å². The summed E-state index contributed by atoms with van der Waals surface area (Å²) < 4.78 is 0. The molecule has 0 saturated heterocycles. The molecular weight excluding hydrogens is 216 g/mol. The Morgan fingerprint density at radius 3 is 2.88 bits per heavy atom. The van der Waals surface area contributed by atoms with Crippen molar-refractivity contribution in [2.75, 3.05) is 12.0 Å². The Labute approximate surface area is 101 Å². The van der Waals surface area contributed by atoms with Crippen molar-refractivity contribution in [3.63, 3.8) is 0 Å². The minimum Gasteiger partial charge on any atom is -0.352 e. The van der Waals surface area contributed by atoms with E-state index in [0.717, 1.165) is 12.2 Å². The fourth-order valence-corrected chi connectivity index (χ4v) is 1.91. The van der Waals surface area contributed by atoms with Gasteiger partial charge in [-0.1, -0.05) is 6.42 Å². The van der Waals surface area contributed by atoms with Crippen molar-refractivity contribution in [3.05, 3.63) is 23.4 Å². The molecule has 5 nitrogen and oxygen atoms in total. The van der Waals surface area contributed by atoms with E-state index in [4.69, 9.17) is 5.84 Å². The third-order valence-electron chi connectivity index (χ3n) is 3.14. The first-order valence-electron chi connectivity index (χ1n) is 5.92. The molecule has 92 valence electrons. The first kappa shape index (κ1) is 11.9.